The van der Waals surface area contributed by atoms with Gasteiger partial charge in [0.2, 0.25) is 0 Å². The third-order valence-electron chi connectivity index (χ3n) is 1.33. The molecule has 0 saturated carbocycles. The average molecular weight is 113 g/mol. The molecular weight excluding hydrogens is 104 g/mol. The topological polar surface area (TPSA) is 0 Å². The molecule has 2 unspecified atom stereocenters. The van der Waals surface area contributed by atoms with Gasteiger partial charge in [0.25, 0.3) is 0 Å². The van der Waals surface area contributed by atoms with Crippen LogP contribution in [0.1, 0.15) is 13.8 Å². The zero-order valence-electron chi connectivity index (χ0n) is 4.64. The van der Waals surface area contributed by atoms with Crippen molar-refractivity contribution >= 4 is 11.8 Å². The van der Waals surface area contributed by atoms with Crippen LogP contribution in [0, 0.1) is 11.3 Å². The zero-order chi connectivity index (χ0) is 5.28. The van der Waals surface area contributed by atoms with E-state index in [4.69, 9.17) is 0 Å². The number of thioether (sulfide) groups is 1. The van der Waals surface area contributed by atoms with Gasteiger partial charge in [-0.3, -0.25) is 0 Å². The van der Waals surface area contributed by atoms with Gasteiger partial charge in [0.05, 0.1) is 0 Å². The molecule has 0 N–H and O–H groups in total. The maximum atomic E-state index is 3.11. The second-order valence-electron chi connectivity index (χ2n) is 1.97. The smallest absolute Gasteiger partial charge is 0.0171 e. The lowest BCUT2D eigenvalue weighted by Crippen LogP contribution is -1.99. The highest BCUT2D eigenvalue weighted by Gasteiger charge is 2.12. The van der Waals surface area contributed by atoms with Crippen molar-refractivity contribution in [2.45, 2.75) is 19.1 Å². The molecule has 7 heavy (non-hydrogen) atoms. The highest BCUT2D eigenvalue weighted by molar-refractivity contribution is 8.01. The van der Waals surface area contributed by atoms with Gasteiger partial charge in [-0.1, -0.05) is 19.9 Å². The van der Waals surface area contributed by atoms with Crippen molar-refractivity contribution < 1.29 is 0 Å². The Bertz CT molecular complexity index is 86.2. The molecule has 0 aromatic rings. The van der Waals surface area contributed by atoms with Crippen LogP contribution in [-0.2, 0) is 0 Å². The Morgan fingerprint density at radius 1 is 1.57 bits per heavy atom. The van der Waals surface area contributed by atoms with Crippen molar-refractivity contribution in [2.24, 2.45) is 5.92 Å². The minimum atomic E-state index is 0.741. The van der Waals surface area contributed by atoms with Gasteiger partial charge in [0.15, 0.2) is 0 Å². The van der Waals surface area contributed by atoms with Gasteiger partial charge >= 0.3 is 0 Å². The first-order chi connectivity index (χ1) is 3.30. The number of rotatable bonds is 0. The minimum absolute atomic E-state index is 0.741. The van der Waals surface area contributed by atoms with Crippen molar-refractivity contribution in [1.29, 1.82) is 0 Å². The molecule has 0 aromatic heterocycles. The van der Waals surface area contributed by atoms with Crippen LogP contribution in [0.25, 0.3) is 0 Å². The van der Waals surface area contributed by atoms with Crippen LogP contribution in [0.5, 0.6) is 0 Å². The maximum Gasteiger partial charge on any atom is 0.0171 e. The number of allylic oxidation sites excluding steroid dienone is 1. The summed E-state index contributed by atoms with van der Waals surface area (Å²) in [5, 5.41) is 3.88. The van der Waals surface area contributed by atoms with Crippen LogP contribution in [-0.4, -0.2) is 5.25 Å². The lowest BCUT2D eigenvalue weighted by Gasteiger charge is -2.03. The number of hydrogen-bond acceptors (Lipinski definition) is 1. The van der Waals surface area contributed by atoms with Gasteiger partial charge in [0.1, 0.15) is 0 Å². The molecule has 1 radical (unpaired) electrons. The van der Waals surface area contributed by atoms with E-state index in [0.29, 0.717) is 0 Å². The first kappa shape index (κ1) is 5.23. The van der Waals surface area contributed by atoms with E-state index in [2.05, 4.69) is 25.3 Å². The van der Waals surface area contributed by atoms with Gasteiger partial charge in [0, 0.05) is 10.7 Å². The molecule has 0 amide bonds. The molecule has 0 nitrogen and oxygen atoms in total. The van der Waals surface area contributed by atoms with E-state index >= 15 is 0 Å². The molecule has 0 aliphatic carbocycles. The molecule has 0 fully saturated rings. The van der Waals surface area contributed by atoms with Crippen LogP contribution < -0.4 is 0 Å². The van der Waals surface area contributed by atoms with Crippen LogP contribution >= 0.6 is 11.8 Å². The second-order valence-corrected chi connectivity index (χ2v) is 3.18. The van der Waals surface area contributed by atoms with E-state index in [1.807, 2.05) is 0 Å². The predicted molar refractivity (Wildman–Crippen MR) is 34.0 cm³/mol. The summed E-state index contributed by atoms with van der Waals surface area (Å²) in [6.45, 7) is 4.45. The normalized spacial score (nSPS) is 39.7. The Labute approximate surface area is 49.0 Å². The van der Waals surface area contributed by atoms with Crippen molar-refractivity contribution in [3.8, 4) is 0 Å². The monoisotopic (exact) mass is 113 g/mol. The van der Waals surface area contributed by atoms with E-state index in [1.54, 1.807) is 11.8 Å². The molecule has 2 atom stereocenters. The van der Waals surface area contributed by atoms with Gasteiger partial charge in [-0.05, 0) is 5.92 Å². The second kappa shape index (κ2) is 1.91. The highest BCUT2D eigenvalue weighted by Crippen LogP contribution is 2.27. The molecule has 1 aliphatic rings. The van der Waals surface area contributed by atoms with Crippen molar-refractivity contribution in [3.05, 3.63) is 11.5 Å². The SMILES string of the molecule is CC1C=[C]SC1C. The molecule has 1 rings (SSSR count). The van der Waals surface area contributed by atoms with Gasteiger partial charge in [-0.2, -0.15) is 0 Å². The van der Waals surface area contributed by atoms with E-state index in [0.717, 1.165) is 11.2 Å². The summed E-state index contributed by atoms with van der Waals surface area (Å²) in [6, 6.07) is 0. The first-order valence-corrected chi connectivity index (χ1v) is 3.43. The van der Waals surface area contributed by atoms with Crippen LogP contribution in [0.15, 0.2) is 6.08 Å². The fourth-order valence-corrected chi connectivity index (χ4v) is 1.30. The molecule has 1 heterocycles. The zero-order valence-corrected chi connectivity index (χ0v) is 5.46. The summed E-state index contributed by atoms with van der Waals surface area (Å²) in [5.74, 6) is 0.741. The van der Waals surface area contributed by atoms with Crippen LogP contribution in [0.3, 0.4) is 0 Å². The van der Waals surface area contributed by atoms with Gasteiger partial charge in [-0.15, -0.1) is 11.8 Å². The summed E-state index contributed by atoms with van der Waals surface area (Å²) in [6.07, 6.45) is 2.13. The summed E-state index contributed by atoms with van der Waals surface area (Å²) in [4.78, 5) is 0. The molecule has 0 saturated heterocycles. The molecule has 1 aliphatic heterocycles. The Morgan fingerprint density at radius 3 is 2.43 bits per heavy atom. The third-order valence-corrected chi connectivity index (χ3v) is 2.40. The van der Waals surface area contributed by atoms with Crippen LogP contribution in [0.2, 0.25) is 0 Å². The average Bonchev–Trinajstić information content (AvgIpc) is 1.91. The largest absolute Gasteiger partial charge is 0.122 e. The standard InChI is InChI=1S/C6H9S/c1-5-3-4-7-6(5)2/h3,5-6H,1-2H3. The van der Waals surface area contributed by atoms with Gasteiger partial charge in [-0.25, -0.2) is 0 Å². The quantitative estimate of drug-likeness (QED) is 0.463. The van der Waals surface area contributed by atoms with Crippen molar-refractivity contribution in [3.63, 3.8) is 0 Å². The summed E-state index contributed by atoms with van der Waals surface area (Å²) < 4.78 is 0. The Kier molecular flexibility index (Phi) is 1.43. The van der Waals surface area contributed by atoms with E-state index in [1.165, 1.54) is 0 Å². The van der Waals surface area contributed by atoms with Crippen molar-refractivity contribution in [1.82, 2.24) is 0 Å². The third kappa shape index (κ3) is 1.00. The molecular formula is C6H9S. The summed E-state index contributed by atoms with van der Waals surface area (Å²) in [5.41, 5.74) is 0. The lowest BCUT2D eigenvalue weighted by molar-refractivity contribution is 0.729. The fourth-order valence-electron chi connectivity index (χ4n) is 0.497. The van der Waals surface area contributed by atoms with Crippen LogP contribution in [0.4, 0.5) is 0 Å². The highest BCUT2D eigenvalue weighted by atomic mass is 32.2. The van der Waals surface area contributed by atoms with Gasteiger partial charge < -0.3 is 0 Å². The van der Waals surface area contributed by atoms with E-state index < -0.39 is 0 Å². The first-order valence-electron chi connectivity index (χ1n) is 2.55. The predicted octanol–water partition coefficient (Wildman–Crippen LogP) is 2.07. The molecule has 0 aromatic carbocycles. The van der Waals surface area contributed by atoms with E-state index in [9.17, 15) is 0 Å². The van der Waals surface area contributed by atoms with E-state index in [-0.39, 0.29) is 0 Å². The maximum absolute atomic E-state index is 3.11. The fraction of sp³-hybridized carbons (Fsp3) is 0.667. The van der Waals surface area contributed by atoms with Crippen molar-refractivity contribution in [2.75, 3.05) is 0 Å². The Balaban J connectivity index is 2.45. The molecule has 39 valence electrons. The summed E-state index contributed by atoms with van der Waals surface area (Å²) in [7, 11) is 0. The Hall–Kier alpha value is 0.0900. The molecule has 1 heteroatoms. The summed E-state index contributed by atoms with van der Waals surface area (Å²) >= 11 is 1.80. The Morgan fingerprint density at radius 2 is 2.29 bits per heavy atom. The molecule has 0 spiro atoms. The number of hydrogen-bond donors (Lipinski definition) is 0. The lowest BCUT2D eigenvalue weighted by atomic mass is 10.1. The minimum Gasteiger partial charge on any atom is -0.122 e. The molecule has 0 bridgehead atoms.